The monoisotopic (exact) mass is 436 g/mol. The van der Waals surface area contributed by atoms with Crippen LogP contribution in [0.15, 0.2) is 40.7 Å². The van der Waals surface area contributed by atoms with E-state index in [2.05, 4.69) is 21.4 Å². The van der Waals surface area contributed by atoms with Crippen LogP contribution in [0.5, 0.6) is 5.75 Å². The first-order chi connectivity index (χ1) is 14.7. The number of aryl methyl sites for hydroxylation is 2. The minimum absolute atomic E-state index is 0.0993. The van der Waals surface area contributed by atoms with Crippen LogP contribution < -0.4 is 10.1 Å². The summed E-state index contributed by atoms with van der Waals surface area (Å²) in [7, 11) is 1.63. The van der Waals surface area contributed by atoms with Crippen molar-refractivity contribution in [3.8, 4) is 23.1 Å². The highest BCUT2D eigenvalue weighted by atomic mass is 32.2. The van der Waals surface area contributed by atoms with E-state index in [0.29, 0.717) is 22.9 Å². The first-order valence-corrected chi connectivity index (χ1v) is 11.5. The van der Waals surface area contributed by atoms with Crippen LogP contribution in [-0.2, 0) is 17.6 Å². The summed E-state index contributed by atoms with van der Waals surface area (Å²) >= 11 is 2.85. The number of hydrogen-bond acceptors (Lipinski definition) is 7. The molecule has 0 spiro atoms. The van der Waals surface area contributed by atoms with E-state index in [1.165, 1.54) is 28.7 Å². The van der Waals surface area contributed by atoms with Crippen molar-refractivity contribution in [2.45, 2.75) is 30.7 Å². The average Bonchev–Trinajstić information content (AvgIpc) is 3.42. The summed E-state index contributed by atoms with van der Waals surface area (Å²) in [5.74, 6) is 1.25. The summed E-state index contributed by atoms with van der Waals surface area (Å²) in [6, 6.07) is 11.8. The van der Waals surface area contributed by atoms with Gasteiger partial charge in [0.2, 0.25) is 5.91 Å². The fraction of sp³-hybridized carbons (Fsp3) is 0.273. The van der Waals surface area contributed by atoms with Gasteiger partial charge in [0.05, 0.1) is 18.4 Å². The predicted molar refractivity (Wildman–Crippen MR) is 119 cm³/mol. The lowest BCUT2D eigenvalue weighted by Gasteiger charge is -2.06. The number of fused-ring (bicyclic) bond motifs is 1. The lowest BCUT2D eigenvalue weighted by molar-refractivity contribution is -0.115. The van der Waals surface area contributed by atoms with E-state index in [1.54, 1.807) is 7.11 Å². The third kappa shape index (κ3) is 4.64. The van der Waals surface area contributed by atoms with E-state index in [1.807, 2.05) is 35.7 Å². The molecule has 1 amide bonds. The van der Waals surface area contributed by atoms with Crippen LogP contribution in [0.1, 0.15) is 29.7 Å². The molecule has 2 heterocycles. The van der Waals surface area contributed by atoms with Gasteiger partial charge in [0.25, 0.3) is 0 Å². The van der Waals surface area contributed by atoms with E-state index in [-0.39, 0.29) is 5.91 Å². The lowest BCUT2D eigenvalue weighted by atomic mass is 10.2. The number of thiazole rings is 1. The Morgan fingerprint density at radius 2 is 2.13 bits per heavy atom. The van der Waals surface area contributed by atoms with Crippen molar-refractivity contribution in [2.75, 3.05) is 18.2 Å². The van der Waals surface area contributed by atoms with Crippen LogP contribution in [0.25, 0.3) is 11.3 Å². The molecule has 0 saturated heterocycles. The lowest BCUT2D eigenvalue weighted by Crippen LogP contribution is -2.12. The van der Waals surface area contributed by atoms with Crippen molar-refractivity contribution < 1.29 is 9.53 Å². The Morgan fingerprint density at radius 1 is 1.30 bits per heavy atom. The van der Waals surface area contributed by atoms with Crippen LogP contribution in [0.4, 0.5) is 5.13 Å². The van der Waals surface area contributed by atoms with Crippen molar-refractivity contribution in [3.63, 3.8) is 0 Å². The second-order valence-corrected chi connectivity index (χ2v) is 8.77. The Labute approximate surface area is 183 Å². The van der Waals surface area contributed by atoms with Crippen molar-refractivity contribution in [1.29, 1.82) is 5.26 Å². The van der Waals surface area contributed by atoms with Gasteiger partial charge < -0.3 is 10.1 Å². The molecule has 30 heavy (non-hydrogen) atoms. The van der Waals surface area contributed by atoms with E-state index < -0.39 is 0 Å². The smallest absolute Gasteiger partial charge is 0.226 e. The van der Waals surface area contributed by atoms with Crippen LogP contribution in [0.3, 0.4) is 0 Å². The van der Waals surface area contributed by atoms with Gasteiger partial charge in [-0.05, 0) is 55.2 Å². The second kappa shape index (κ2) is 9.28. The molecule has 0 atom stereocenters. The minimum atomic E-state index is -0.0993. The normalized spacial score (nSPS) is 12.3. The van der Waals surface area contributed by atoms with Gasteiger partial charge in [-0.2, -0.15) is 5.26 Å². The molecule has 152 valence electrons. The van der Waals surface area contributed by atoms with Gasteiger partial charge >= 0.3 is 0 Å². The number of benzene rings is 1. The average molecular weight is 437 g/mol. The zero-order chi connectivity index (χ0) is 20.9. The van der Waals surface area contributed by atoms with Crippen LogP contribution in [-0.4, -0.2) is 28.7 Å². The molecule has 1 aliphatic carbocycles. The number of nitrogens with zero attached hydrogens (tertiary/aromatic N) is 3. The second-order valence-electron chi connectivity index (χ2n) is 6.83. The quantitative estimate of drug-likeness (QED) is 0.541. The summed E-state index contributed by atoms with van der Waals surface area (Å²) in [4.78, 5) is 21.5. The van der Waals surface area contributed by atoms with E-state index in [0.717, 1.165) is 47.0 Å². The third-order valence-electron chi connectivity index (χ3n) is 4.84. The molecule has 1 N–H and O–H groups in total. The van der Waals surface area contributed by atoms with Gasteiger partial charge in [0.1, 0.15) is 16.8 Å². The number of nitrogens with one attached hydrogen (secondary N) is 1. The summed E-state index contributed by atoms with van der Waals surface area (Å²) in [5.41, 5.74) is 4.66. The SMILES string of the molecule is COc1ccc(-c2csc(NC(=O)CCSc3nc4c(cc3C#N)CCC4)n2)cc1. The molecule has 1 aliphatic rings. The Morgan fingerprint density at radius 3 is 2.90 bits per heavy atom. The molecule has 8 heteroatoms. The molecule has 0 saturated carbocycles. The summed E-state index contributed by atoms with van der Waals surface area (Å²) < 4.78 is 5.17. The van der Waals surface area contributed by atoms with Crippen molar-refractivity contribution in [1.82, 2.24) is 9.97 Å². The van der Waals surface area contributed by atoms with Crippen molar-refractivity contribution in [3.05, 3.63) is 52.5 Å². The number of anilines is 1. The molecule has 2 aromatic heterocycles. The molecule has 6 nitrogen and oxygen atoms in total. The molecule has 1 aromatic carbocycles. The molecule has 0 unspecified atom stereocenters. The number of aromatic nitrogens is 2. The molecule has 0 radical (unpaired) electrons. The number of methoxy groups -OCH3 is 1. The molecule has 0 bridgehead atoms. The largest absolute Gasteiger partial charge is 0.497 e. The number of nitriles is 1. The standard InChI is InChI=1S/C22H20N4O2S2/c1-28-17-7-5-14(6-8-17)19-13-30-22(25-19)26-20(27)9-10-29-21-16(12-23)11-15-3-2-4-18(15)24-21/h5-8,11,13H,2-4,9-10H2,1H3,(H,25,26,27). The van der Waals surface area contributed by atoms with Gasteiger partial charge in [-0.25, -0.2) is 9.97 Å². The minimum Gasteiger partial charge on any atom is -0.497 e. The summed E-state index contributed by atoms with van der Waals surface area (Å²) in [6.07, 6.45) is 3.38. The highest BCUT2D eigenvalue weighted by Gasteiger charge is 2.17. The number of ether oxygens (including phenoxy) is 1. The molecular formula is C22H20N4O2S2. The maximum Gasteiger partial charge on any atom is 0.226 e. The van der Waals surface area contributed by atoms with E-state index in [4.69, 9.17) is 4.74 Å². The number of pyridine rings is 1. The fourth-order valence-electron chi connectivity index (χ4n) is 3.29. The Kier molecular flexibility index (Phi) is 6.31. The third-order valence-corrected chi connectivity index (χ3v) is 6.59. The number of carbonyl (C=O) groups excluding carboxylic acids is 1. The Hall–Kier alpha value is -2.89. The van der Waals surface area contributed by atoms with Crippen molar-refractivity contribution in [2.24, 2.45) is 0 Å². The Balaban J connectivity index is 1.31. The van der Waals surface area contributed by atoms with Gasteiger partial charge in [-0.15, -0.1) is 23.1 Å². The van der Waals surface area contributed by atoms with Crippen LogP contribution in [0.2, 0.25) is 0 Å². The fourth-order valence-corrected chi connectivity index (χ4v) is 4.94. The van der Waals surface area contributed by atoms with Gasteiger partial charge in [0, 0.05) is 28.8 Å². The molecular weight excluding hydrogens is 416 g/mol. The van der Waals surface area contributed by atoms with E-state index >= 15 is 0 Å². The van der Waals surface area contributed by atoms with Gasteiger partial charge in [-0.1, -0.05) is 0 Å². The maximum atomic E-state index is 12.3. The molecule has 0 aliphatic heterocycles. The van der Waals surface area contributed by atoms with Crippen molar-refractivity contribution >= 4 is 34.1 Å². The number of thioether (sulfide) groups is 1. The first-order valence-electron chi connectivity index (χ1n) is 9.62. The summed E-state index contributed by atoms with van der Waals surface area (Å²) in [6.45, 7) is 0. The highest BCUT2D eigenvalue weighted by Crippen LogP contribution is 2.29. The zero-order valence-electron chi connectivity index (χ0n) is 16.5. The zero-order valence-corrected chi connectivity index (χ0v) is 18.1. The summed E-state index contributed by atoms with van der Waals surface area (Å²) in [5, 5.41) is 15.5. The highest BCUT2D eigenvalue weighted by molar-refractivity contribution is 7.99. The molecule has 4 rings (SSSR count). The molecule has 0 fully saturated rings. The van der Waals surface area contributed by atoms with E-state index in [9.17, 15) is 10.1 Å². The number of hydrogen-bond donors (Lipinski definition) is 1. The maximum absolute atomic E-state index is 12.3. The van der Waals surface area contributed by atoms with Gasteiger partial charge in [-0.3, -0.25) is 4.79 Å². The van der Waals surface area contributed by atoms with Crippen LogP contribution >= 0.6 is 23.1 Å². The first kappa shape index (κ1) is 20.4. The van der Waals surface area contributed by atoms with Crippen LogP contribution in [0, 0.1) is 11.3 Å². The number of amides is 1. The Bertz CT molecular complexity index is 1100. The number of carbonyl (C=O) groups is 1. The van der Waals surface area contributed by atoms with Gasteiger partial charge in [0.15, 0.2) is 5.13 Å². The number of rotatable bonds is 7. The predicted octanol–water partition coefficient (Wildman–Crippen LogP) is 4.69. The topological polar surface area (TPSA) is 87.9 Å². The molecule has 3 aromatic rings.